The molecule has 0 spiro atoms. The number of hydrogen-bond donors (Lipinski definition) is 0. The van der Waals surface area contributed by atoms with Crippen molar-refractivity contribution in [3.05, 3.63) is 0 Å². The monoisotopic (exact) mass is 793 g/mol. The van der Waals surface area contributed by atoms with E-state index in [1.807, 2.05) is 0 Å². The van der Waals surface area contributed by atoms with Crippen LogP contribution in [0.15, 0.2) is 0 Å². The Hall–Kier alpha value is -1.59. The van der Waals surface area contributed by atoms with Crippen molar-refractivity contribution in [2.24, 2.45) is 11.8 Å². The minimum Gasteiger partial charge on any atom is -0.462 e. The molecule has 1 atom stereocenters. The van der Waals surface area contributed by atoms with Gasteiger partial charge in [0.05, 0.1) is 0 Å². The third-order valence-electron chi connectivity index (χ3n) is 11.2. The molecule has 0 N–H and O–H groups in total. The first-order valence-corrected chi connectivity index (χ1v) is 24.7. The summed E-state index contributed by atoms with van der Waals surface area (Å²) in [6.07, 6.45) is 42.3. The smallest absolute Gasteiger partial charge is 0.306 e. The molecule has 0 radical (unpaired) electrons. The molecule has 0 aliphatic rings. The molecule has 0 aliphatic heterocycles. The lowest BCUT2D eigenvalue weighted by Gasteiger charge is -2.18. The molecule has 0 aliphatic carbocycles. The van der Waals surface area contributed by atoms with Crippen LogP contribution in [-0.2, 0) is 28.6 Å². The fourth-order valence-electron chi connectivity index (χ4n) is 7.46. The molecule has 6 nitrogen and oxygen atoms in total. The Morgan fingerprint density at radius 2 is 0.589 bits per heavy atom. The maximum Gasteiger partial charge on any atom is 0.306 e. The van der Waals surface area contributed by atoms with Crippen LogP contribution < -0.4 is 0 Å². The molecule has 0 saturated heterocycles. The van der Waals surface area contributed by atoms with Gasteiger partial charge in [0.15, 0.2) is 6.10 Å². The zero-order valence-corrected chi connectivity index (χ0v) is 38.3. The van der Waals surface area contributed by atoms with E-state index in [0.29, 0.717) is 19.3 Å². The second-order valence-electron chi connectivity index (χ2n) is 18.1. The number of ether oxygens (including phenoxy) is 3. The molecule has 0 fully saturated rings. The summed E-state index contributed by atoms with van der Waals surface area (Å²) < 4.78 is 16.8. The highest BCUT2D eigenvalue weighted by Crippen LogP contribution is 2.17. The molecule has 0 heterocycles. The predicted molar refractivity (Wildman–Crippen MR) is 238 cm³/mol. The van der Waals surface area contributed by atoms with E-state index in [0.717, 1.165) is 69.6 Å². The first-order valence-electron chi connectivity index (χ1n) is 24.7. The summed E-state index contributed by atoms with van der Waals surface area (Å²) in [5.74, 6) is 0.772. The van der Waals surface area contributed by atoms with E-state index in [4.69, 9.17) is 14.2 Å². The third kappa shape index (κ3) is 43.5. The van der Waals surface area contributed by atoms with Gasteiger partial charge in [-0.25, -0.2) is 0 Å². The van der Waals surface area contributed by atoms with Crippen LogP contribution in [0, 0.1) is 11.8 Å². The van der Waals surface area contributed by atoms with Gasteiger partial charge in [-0.3, -0.25) is 14.4 Å². The molecule has 0 amide bonds. The van der Waals surface area contributed by atoms with Gasteiger partial charge in [0, 0.05) is 19.3 Å². The van der Waals surface area contributed by atoms with Gasteiger partial charge in [0.1, 0.15) is 13.2 Å². The van der Waals surface area contributed by atoms with Crippen LogP contribution in [0.5, 0.6) is 0 Å². The highest BCUT2D eigenvalue weighted by Gasteiger charge is 2.19. The second kappa shape index (κ2) is 43.0. The fourth-order valence-corrected chi connectivity index (χ4v) is 7.46. The van der Waals surface area contributed by atoms with Gasteiger partial charge in [-0.2, -0.15) is 0 Å². The summed E-state index contributed by atoms with van der Waals surface area (Å²) in [5.41, 5.74) is 0. The lowest BCUT2D eigenvalue weighted by atomic mass is 10.0. The molecule has 0 unspecified atom stereocenters. The molecular formula is C50H96O6. The number of carbonyl (C=O) groups is 3. The molecule has 0 saturated carbocycles. The average molecular weight is 793 g/mol. The van der Waals surface area contributed by atoms with Crippen LogP contribution in [0.25, 0.3) is 0 Å². The van der Waals surface area contributed by atoms with Crippen LogP contribution in [0.2, 0.25) is 0 Å². The largest absolute Gasteiger partial charge is 0.462 e. The van der Waals surface area contributed by atoms with Crippen molar-refractivity contribution in [3.8, 4) is 0 Å². The van der Waals surface area contributed by atoms with Gasteiger partial charge in [0.25, 0.3) is 0 Å². The summed E-state index contributed by atoms with van der Waals surface area (Å²) in [4.78, 5) is 37.8. The summed E-state index contributed by atoms with van der Waals surface area (Å²) in [6.45, 7) is 11.3. The quantitative estimate of drug-likeness (QED) is 0.0347. The van der Waals surface area contributed by atoms with Gasteiger partial charge in [-0.15, -0.1) is 0 Å². The van der Waals surface area contributed by atoms with Gasteiger partial charge in [-0.1, -0.05) is 234 Å². The Morgan fingerprint density at radius 3 is 0.875 bits per heavy atom. The SMILES string of the molecule is CCCCCCCCCCCCCCCC(=O)OC[C@H](COC(=O)CCCCCCCCCCCCC(C)C)OC(=O)CCCCCCCCCCCC(C)C. The topological polar surface area (TPSA) is 78.9 Å². The zero-order valence-electron chi connectivity index (χ0n) is 38.3. The van der Waals surface area contributed by atoms with E-state index in [1.165, 1.54) is 161 Å². The molecule has 0 aromatic heterocycles. The molecule has 0 aromatic carbocycles. The summed E-state index contributed by atoms with van der Waals surface area (Å²) in [7, 11) is 0. The Bertz CT molecular complexity index is 854. The first kappa shape index (κ1) is 54.4. The van der Waals surface area contributed by atoms with Gasteiger partial charge < -0.3 is 14.2 Å². The van der Waals surface area contributed by atoms with E-state index in [-0.39, 0.29) is 31.1 Å². The number of esters is 3. The van der Waals surface area contributed by atoms with Crippen LogP contribution >= 0.6 is 0 Å². The van der Waals surface area contributed by atoms with E-state index < -0.39 is 6.10 Å². The number of rotatable bonds is 44. The highest BCUT2D eigenvalue weighted by atomic mass is 16.6. The van der Waals surface area contributed by atoms with E-state index in [1.54, 1.807) is 0 Å². The normalized spacial score (nSPS) is 12.1. The summed E-state index contributed by atoms with van der Waals surface area (Å²) >= 11 is 0. The predicted octanol–water partition coefficient (Wildman–Crippen LogP) is 15.8. The van der Waals surface area contributed by atoms with E-state index >= 15 is 0 Å². The van der Waals surface area contributed by atoms with Crippen LogP contribution in [0.4, 0.5) is 0 Å². The Morgan fingerprint density at radius 1 is 0.339 bits per heavy atom. The van der Waals surface area contributed by atoms with Gasteiger partial charge >= 0.3 is 17.9 Å². The van der Waals surface area contributed by atoms with Crippen molar-refractivity contribution < 1.29 is 28.6 Å². The standard InChI is InChI=1S/C50H96O6/c1-6-7-8-9-10-11-12-13-14-20-25-30-35-40-48(51)54-43-47(56-50(53)42-37-32-27-22-17-19-24-29-34-39-46(4)5)44-55-49(52)41-36-31-26-21-16-15-18-23-28-33-38-45(2)3/h45-47H,6-44H2,1-5H3/t47-/m1/s1. The number of hydrogen-bond acceptors (Lipinski definition) is 6. The Kier molecular flexibility index (Phi) is 41.8. The minimum atomic E-state index is -0.761. The maximum atomic E-state index is 12.7. The van der Waals surface area contributed by atoms with E-state index in [2.05, 4.69) is 34.6 Å². The molecule has 56 heavy (non-hydrogen) atoms. The van der Waals surface area contributed by atoms with Crippen LogP contribution in [0.3, 0.4) is 0 Å². The van der Waals surface area contributed by atoms with Crippen molar-refractivity contribution in [1.82, 2.24) is 0 Å². The van der Waals surface area contributed by atoms with Gasteiger partial charge in [0.2, 0.25) is 0 Å². The average Bonchev–Trinajstić information content (AvgIpc) is 3.16. The Labute approximate surface area is 348 Å². The zero-order chi connectivity index (χ0) is 41.2. The van der Waals surface area contributed by atoms with Crippen molar-refractivity contribution in [3.63, 3.8) is 0 Å². The number of carbonyl (C=O) groups excluding carboxylic acids is 3. The summed E-state index contributed by atoms with van der Waals surface area (Å²) in [5, 5.41) is 0. The van der Waals surface area contributed by atoms with E-state index in [9.17, 15) is 14.4 Å². The van der Waals surface area contributed by atoms with Crippen molar-refractivity contribution >= 4 is 17.9 Å². The first-order chi connectivity index (χ1) is 27.2. The molecule has 0 bridgehead atoms. The number of unbranched alkanes of at least 4 members (excludes halogenated alkanes) is 29. The lowest BCUT2D eigenvalue weighted by Crippen LogP contribution is -2.30. The molecule has 332 valence electrons. The van der Waals surface area contributed by atoms with Crippen molar-refractivity contribution in [2.75, 3.05) is 13.2 Å². The minimum absolute atomic E-state index is 0.0643. The van der Waals surface area contributed by atoms with Crippen LogP contribution in [-0.4, -0.2) is 37.2 Å². The second-order valence-corrected chi connectivity index (χ2v) is 18.1. The van der Waals surface area contributed by atoms with Gasteiger partial charge in [-0.05, 0) is 31.1 Å². The van der Waals surface area contributed by atoms with Crippen LogP contribution in [0.1, 0.15) is 272 Å². The Balaban J connectivity index is 4.33. The molecule has 0 rings (SSSR count). The third-order valence-corrected chi connectivity index (χ3v) is 11.2. The maximum absolute atomic E-state index is 12.7. The fraction of sp³-hybridized carbons (Fsp3) is 0.940. The molecular weight excluding hydrogens is 697 g/mol. The molecule has 0 aromatic rings. The van der Waals surface area contributed by atoms with Crippen molar-refractivity contribution in [2.45, 2.75) is 278 Å². The summed E-state index contributed by atoms with van der Waals surface area (Å²) in [6, 6.07) is 0. The lowest BCUT2D eigenvalue weighted by molar-refractivity contribution is -0.167. The highest BCUT2D eigenvalue weighted by molar-refractivity contribution is 5.71. The molecule has 6 heteroatoms. The van der Waals surface area contributed by atoms with Crippen molar-refractivity contribution in [1.29, 1.82) is 0 Å².